The summed E-state index contributed by atoms with van der Waals surface area (Å²) in [5, 5.41) is 0.236. The van der Waals surface area contributed by atoms with Crippen molar-refractivity contribution in [3.63, 3.8) is 0 Å². The number of ether oxygens (including phenoxy) is 2. The standard InChI is InChI=1S/C13H24O4Si/c1-9(2)16-11(14)6-7-12(15)17-10(3)8-13(4,5)18/h6-7,9-10H,8H2,1-5,18H3. The van der Waals surface area contributed by atoms with Crippen molar-refractivity contribution in [3.8, 4) is 0 Å². The molecule has 4 nitrogen and oxygen atoms in total. The Balaban J connectivity index is 4.11. The Labute approximate surface area is 112 Å². The maximum atomic E-state index is 11.4. The van der Waals surface area contributed by atoms with Gasteiger partial charge in [-0.25, -0.2) is 9.59 Å². The molecule has 1 atom stereocenters. The van der Waals surface area contributed by atoms with Crippen LogP contribution in [0.3, 0.4) is 0 Å². The molecule has 0 rings (SSSR count). The molecule has 0 spiro atoms. The van der Waals surface area contributed by atoms with Crippen LogP contribution in [-0.2, 0) is 19.1 Å². The summed E-state index contributed by atoms with van der Waals surface area (Å²) in [5.74, 6) is -1.04. The molecular formula is C13H24O4Si. The van der Waals surface area contributed by atoms with E-state index in [4.69, 9.17) is 9.47 Å². The Kier molecular flexibility index (Phi) is 6.91. The highest BCUT2D eigenvalue weighted by molar-refractivity contribution is 6.14. The molecule has 0 radical (unpaired) electrons. The minimum absolute atomic E-state index is 0.143. The molecule has 0 aromatic rings. The van der Waals surface area contributed by atoms with E-state index in [1.165, 1.54) is 0 Å². The minimum Gasteiger partial charge on any atom is -0.460 e. The number of rotatable bonds is 6. The highest BCUT2D eigenvalue weighted by Gasteiger charge is 2.17. The van der Waals surface area contributed by atoms with E-state index in [1.807, 2.05) is 6.92 Å². The van der Waals surface area contributed by atoms with Crippen LogP contribution in [0.2, 0.25) is 5.04 Å². The number of carbonyl (C=O) groups is 2. The van der Waals surface area contributed by atoms with Crippen LogP contribution < -0.4 is 0 Å². The second kappa shape index (κ2) is 7.36. The molecule has 104 valence electrons. The van der Waals surface area contributed by atoms with Crippen molar-refractivity contribution in [1.29, 1.82) is 0 Å². The lowest BCUT2D eigenvalue weighted by atomic mass is 10.1. The monoisotopic (exact) mass is 272 g/mol. The van der Waals surface area contributed by atoms with Crippen molar-refractivity contribution in [3.05, 3.63) is 12.2 Å². The van der Waals surface area contributed by atoms with Crippen molar-refractivity contribution >= 4 is 22.2 Å². The first-order valence-electron chi connectivity index (χ1n) is 6.19. The maximum absolute atomic E-state index is 11.4. The SMILES string of the molecule is CC(C)OC(=O)C=CC(=O)OC(C)CC(C)(C)[SiH3]. The van der Waals surface area contributed by atoms with Crippen molar-refractivity contribution < 1.29 is 19.1 Å². The summed E-state index contributed by atoms with van der Waals surface area (Å²) in [6.07, 6.45) is 2.70. The molecule has 0 aliphatic carbocycles. The fraction of sp³-hybridized carbons (Fsp3) is 0.692. The maximum Gasteiger partial charge on any atom is 0.331 e. The fourth-order valence-corrected chi connectivity index (χ4v) is 2.12. The van der Waals surface area contributed by atoms with Crippen LogP contribution in [0.15, 0.2) is 12.2 Å². The molecule has 18 heavy (non-hydrogen) atoms. The lowest BCUT2D eigenvalue weighted by Gasteiger charge is -2.22. The van der Waals surface area contributed by atoms with Crippen LogP contribution in [-0.4, -0.2) is 34.4 Å². The topological polar surface area (TPSA) is 52.6 Å². The number of carbonyl (C=O) groups excluding carboxylic acids is 2. The zero-order chi connectivity index (χ0) is 14.3. The molecule has 0 aromatic heterocycles. The van der Waals surface area contributed by atoms with Gasteiger partial charge in [-0.2, -0.15) is 0 Å². The third-order valence-corrected chi connectivity index (χ3v) is 2.33. The molecule has 0 N–H and O–H groups in total. The van der Waals surface area contributed by atoms with E-state index in [0.717, 1.165) is 28.8 Å². The van der Waals surface area contributed by atoms with Crippen molar-refractivity contribution in [2.24, 2.45) is 0 Å². The van der Waals surface area contributed by atoms with Crippen molar-refractivity contribution in [2.75, 3.05) is 0 Å². The van der Waals surface area contributed by atoms with E-state index in [-0.39, 0.29) is 17.2 Å². The molecule has 0 aromatic carbocycles. The van der Waals surface area contributed by atoms with E-state index in [0.29, 0.717) is 0 Å². The van der Waals surface area contributed by atoms with Crippen LogP contribution in [0.1, 0.15) is 41.0 Å². The average molecular weight is 272 g/mol. The van der Waals surface area contributed by atoms with Gasteiger partial charge >= 0.3 is 11.9 Å². The molecule has 0 saturated carbocycles. The quantitative estimate of drug-likeness (QED) is 0.416. The summed E-state index contributed by atoms with van der Waals surface area (Å²) >= 11 is 0. The van der Waals surface area contributed by atoms with Crippen LogP contribution in [0.5, 0.6) is 0 Å². The van der Waals surface area contributed by atoms with Gasteiger partial charge in [0, 0.05) is 22.4 Å². The number of esters is 2. The zero-order valence-corrected chi connectivity index (χ0v) is 14.1. The molecule has 0 bridgehead atoms. The Morgan fingerprint density at radius 1 is 1.11 bits per heavy atom. The van der Waals surface area contributed by atoms with Crippen LogP contribution in [0, 0.1) is 0 Å². The first kappa shape index (κ1) is 16.9. The molecule has 1 unspecified atom stereocenters. The minimum atomic E-state index is -0.530. The smallest absolute Gasteiger partial charge is 0.331 e. The summed E-state index contributed by atoms with van der Waals surface area (Å²) in [6, 6.07) is 0. The molecule has 0 aliphatic rings. The number of hydrogen-bond donors (Lipinski definition) is 0. The fourth-order valence-electron chi connectivity index (χ4n) is 1.55. The lowest BCUT2D eigenvalue weighted by molar-refractivity contribution is -0.145. The van der Waals surface area contributed by atoms with Gasteiger partial charge in [0.2, 0.25) is 0 Å². The zero-order valence-electron chi connectivity index (χ0n) is 12.1. The van der Waals surface area contributed by atoms with Crippen LogP contribution in [0.25, 0.3) is 0 Å². The normalized spacial score (nSPS) is 13.9. The average Bonchev–Trinajstić information content (AvgIpc) is 2.10. The van der Waals surface area contributed by atoms with Gasteiger partial charge in [0.15, 0.2) is 0 Å². The van der Waals surface area contributed by atoms with Gasteiger partial charge < -0.3 is 9.47 Å². The van der Waals surface area contributed by atoms with Gasteiger partial charge in [-0.1, -0.05) is 13.8 Å². The summed E-state index contributed by atoms with van der Waals surface area (Å²) in [5.41, 5.74) is 0. The van der Waals surface area contributed by atoms with Gasteiger partial charge in [0.1, 0.15) is 0 Å². The largest absolute Gasteiger partial charge is 0.460 e. The van der Waals surface area contributed by atoms with E-state index < -0.39 is 11.9 Å². The Hall–Kier alpha value is -1.10. The van der Waals surface area contributed by atoms with Gasteiger partial charge in [-0.05, 0) is 32.2 Å². The summed E-state index contributed by atoms with van der Waals surface area (Å²) in [6.45, 7) is 9.63. The molecule has 0 saturated heterocycles. The molecule has 0 aliphatic heterocycles. The Morgan fingerprint density at radius 3 is 1.94 bits per heavy atom. The summed E-state index contributed by atoms with van der Waals surface area (Å²) in [7, 11) is 1.04. The van der Waals surface area contributed by atoms with Crippen molar-refractivity contribution in [1.82, 2.24) is 0 Å². The lowest BCUT2D eigenvalue weighted by Crippen LogP contribution is -2.19. The predicted molar refractivity (Wildman–Crippen MR) is 74.5 cm³/mol. The highest BCUT2D eigenvalue weighted by atomic mass is 28.1. The second-order valence-electron chi connectivity index (χ2n) is 5.83. The van der Waals surface area contributed by atoms with Crippen LogP contribution in [0.4, 0.5) is 0 Å². The molecule has 5 heteroatoms. The molecule has 0 fully saturated rings. The summed E-state index contributed by atoms with van der Waals surface area (Å²) in [4.78, 5) is 22.6. The third-order valence-electron chi connectivity index (χ3n) is 1.92. The number of hydrogen-bond acceptors (Lipinski definition) is 4. The van der Waals surface area contributed by atoms with E-state index in [1.54, 1.807) is 13.8 Å². The van der Waals surface area contributed by atoms with Gasteiger partial charge in [0.25, 0.3) is 0 Å². The molecule has 0 heterocycles. The molecule has 0 amide bonds. The van der Waals surface area contributed by atoms with E-state index in [9.17, 15) is 9.59 Å². The Morgan fingerprint density at radius 2 is 1.56 bits per heavy atom. The van der Waals surface area contributed by atoms with Crippen molar-refractivity contribution in [2.45, 2.75) is 58.3 Å². The van der Waals surface area contributed by atoms with Gasteiger partial charge in [-0.15, -0.1) is 0 Å². The van der Waals surface area contributed by atoms with Gasteiger partial charge in [0.05, 0.1) is 12.2 Å². The second-order valence-corrected chi connectivity index (χ2v) is 8.54. The van der Waals surface area contributed by atoms with E-state index in [2.05, 4.69) is 13.8 Å². The Bertz CT molecular complexity index is 315. The van der Waals surface area contributed by atoms with Crippen LogP contribution >= 0.6 is 0 Å². The first-order chi connectivity index (χ1) is 8.10. The highest BCUT2D eigenvalue weighted by Crippen LogP contribution is 2.26. The van der Waals surface area contributed by atoms with Gasteiger partial charge in [-0.3, -0.25) is 0 Å². The first-order valence-corrected chi connectivity index (χ1v) is 7.19. The third kappa shape index (κ3) is 10.1. The van der Waals surface area contributed by atoms with E-state index >= 15 is 0 Å². The predicted octanol–water partition coefficient (Wildman–Crippen LogP) is 1.38. The summed E-state index contributed by atoms with van der Waals surface area (Å²) < 4.78 is 10.0. The molecular weight excluding hydrogens is 248 g/mol.